The predicted octanol–water partition coefficient (Wildman–Crippen LogP) is 5.49. The second-order valence-corrected chi connectivity index (χ2v) is 8.61. The molecule has 1 aliphatic rings. The third kappa shape index (κ3) is 3.93. The molecule has 0 bridgehead atoms. The first-order valence-corrected chi connectivity index (χ1v) is 10.9. The molecule has 4 aromatic rings. The second-order valence-electron chi connectivity index (χ2n) is 8.17. The van der Waals surface area contributed by atoms with Crippen LogP contribution in [0.15, 0.2) is 60.8 Å². The van der Waals surface area contributed by atoms with Gasteiger partial charge >= 0.3 is 0 Å². The zero-order valence-corrected chi connectivity index (χ0v) is 18.1. The number of fused-ring (bicyclic) bond motifs is 1. The highest BCUT2D eigenvalue weighted by Gasteiger charge is 2.33. The highest BCUT2D eigenvalue weighted by Crippen LogP contribution is 2.33. The van der Waals surface area contributed by atoms with Crippen molar-refractivity contribution in [2.45, 2.75) is 32.2 Å². The summed E-state index contributed by atoms with van der Waals surface area (Å²) < 4.78 is 0. The fourth-order valence-corrected chi connectivity index (χ4v) is 4.45. The molecule has 31 heavy (non-hydrogen) atoms. The van der Waals surface area contributed by atoms with Crippen LogP contribution in [0.2, 0.25) is 5.02 Å². The summed E-state index contributed by atoms with van der Waals surface area (Å²) >= 11 is 5.97. The van der Waals surface area contributed by atoms with Crippen LogP contribution >= 0.6 is 11.6 Å². The minimum absolute atomic E-state index is 0.0198. The molecule has 5 nitrogen and oxygen atoms in total. The maximum absolute atomic E-state index is 13.4. The monoisotopic (exact) mass is 430 g/mol. The summed E-state index contributed by atoms with van der Waals surface area (Å²) in [7, 11) is 0. The van der Waals surface area contributed by atoms with Crippen LogP contribution in [0.25, 0.3) is 10.9 Å². The van der Waals surface area contributed by atoms with Gasteiger partial charge in [0, 0.05) is 23.2 Å². The molecule has 0 spiro atoms. The SMILES string of the molecule is Cc1ccc2[nH]nc(C(=O)N3CCC[C@H]3c3ccc(Cc4ccc(Cl)cc4)cn3)c2c1. The molecular formula is C25H23ClN4O. The molecule has 3 heterocycles. The number of amides is 1. The first-order valence-electron chi connectivity index (χ1n) is 10.5. The number of halogens is 1. The average molecular weight is 431 g/mol. The Hall–Kier alpha value is -3.18. The van der Waals surface area contributed by atoms with E-state index in [0.717, 1.165) is 58.6 Å². The van der Waals surface area contributed by atoms with E-state index in [1.165, 1.54) is 5.56 Å². The zero-order chi connectivity index (χ0) is 21.4. The lowest BCUT2D eigenvalue weighted by Gasteiger charge is -2.23. The number of H-pyrrole nitrogens is 1. The Morgan fingerprint density at radius 1 is 1.13 bits per heavy atom. The van der Waals surface area contributed by atoms with Gasteiger partial charge < -0.3 is 4.90 Å². The summed E-state index contributed by atoms with van der Waals surface area (Å²) in [6.45, 7) is 2.74. The molecule has 1 atom stereocenters. The smallest absolute Gasteiger partial charge is 0.275 e. The van der Waals surface area contributed by atoms with E-state index in [9.17, 15) is 4.79 Å². The van der Waals surface area contributed by atoms with Crippen LogP contribution in [0, 0.1) is 6.92 Å². The minimum atomic E-state index is -0.0357. The highest BCUT2D eigenvalue weighted by atomic mass is 35.5. The summed E-state index contributed by atoms with van der Waals surface area (Å²) in [6, 6.07) is 18.0. The third-order valence-corrected chi connectivity index (χ3v) is 6.20. The number of benzene rings is 2. The van der Waals surface area contributed by atoms with Gasteiger partial charge in [0.05, 0.1) is 17.3 Å². The molecule has 1 fully saturated rings. The first kappa shape index (κ1) is 19.8. The fourth-order valence-electron chi connectivity index (χ4n) is 4.32. The maximum Gasteiger partial charge on any atom is 0.275 e. The molecule has 6 heteroatoms. The normalized spacial score (nSPS) is 16.2. The Morgan fingerprint density at radius 2 is 1.94 bits per heavy atom. The van der Waals surface area contributed by atoms with Gasteiger partial charge in [0.15, 0.2) is 5.69 Å². The van der Waals surface area contributed by atoms with E-state index in [2.05, 4.69) is 16.3 Å². The van der Waals surface area contributed by atoms with Crippen LogP contribution < -0.4 is 0 Å². The van der Waals surface area contributed by atoms with Gasteiger partial charge in [0.2, 0.25) is 0 Å². The Labute approximate surface area is 186 Å². The second kappa shape index (κ2) is 8.16. The van der Waals surface area contributed by atoms with Crippen molar-refractivity contribution in [1.82, 2.24) is 20.1 Å². The molecule has 1 saturated heterocycles. The number of aromatic amines is 1. The summed E-state index contributed by atoms with van der Waals surface area (Å²) in [6.07, 6.45) is 4.59. The fraction of sp³-hybridized carbons (Fsp3) is 0.240. The van der Waals surface area contributed by atoms with E-state index in [1.54, 1.807) is 0 Å². The van der Waals surface area contributed by atoms with E-state index in [-0.39, 0.29) is 11.9 Å². The van der Waals surface area contributed by atoms with Crippen molar-refractivity contribution in [1.29, 1.82) is 0 Å². The number of carbonyl (C=O) groups is 1. The lowest BCUT2D eigenvalue weighted by Crippen LogP contribution is -2.31. The summed E-state index contributed by atoms with van der Waals surface area (Å²) in [5, 5.41) is 8.93. The topological polar surface area (TPSA) is 61.9 Å². The molecule has 0 saturated carbocycles. The Kier molecular flexibility index (Phi) is 5.20. The molecule has 0 radical (unpaired) electrons. The van der Waals surface area contributed by atoms with Crippen molar-refractivity contribution < 1.29 is 4.79 Å². The van der Waals surface area contributed by atoms with Gasteiger partial charge in [-0.2, -0.15) is 5.10 Å². The summed E-state index contributed by atoms with van der Waals surface area (Å²) in [5.74, 6) is -0.0357. The number of likely N-dealkylation sites (tertiary alicyclic amines) is 1. The van der Waals surface area contributed by atoms with Crippen LogP contribution in [0.5, 0.6) is 0 Å². The van der Waals surface area contributed by atoms with Crippen molar-refractivity contribution in [3.8, 4) is 0 Å². The van der Waals surface area contributed by atoms with E-state index in [0.29, 0.717) is 5.69 Å². The zero-order valence-electron chi connectivity index (χ0n) is 17.3. The van der Waals surface area contributed by atoms with Gasteiger partial charge in [0.1, 0.15) is 0 Å². The molecule has 2 aromatic heterocycles. The lowest BCUT2D eigenvalue weighted by molar-refractivity contribution is 0.0729. The molecule has 0 unspecified atom stereocenters. The largest absolute Gasteiger partial charge is 0.329 e. The van der Waals surface area contributed by atoms with E-state index in [1.807, 2.05) is 66.6 Å². The van der Waals surface area contributed by atoms with Crippen LogP contribution in [0.3, 0.4) is 0 Å². The van der Waals surface area contributed by atoms with Crippen molar-refractivity contribution in [2.24, 2.45) is 0 Å². The van der Waals surface area contributed by atoms with Gasteiger partial charge in [0.25, 0.3) is 5.91 Å². The number of hydrogen-bond donors (Lipinski definition) is 1. The molecule has 5 rings (SSSR count). The average Bonchev–Trinajstić information content (AvgIpc) is 3.43. The van der Waals surface area contributed by atoms with Gasteiger partial charge in [-0.15, -0.1) is 0 Å². The molecular weight excluding hydrogens is 408 g/mol. The molecule has 1 aliphatic heterocycles. The standard InChI is InChI=1S/C25H23ClN4O/c1-16-4-10-21-20(13-16)24(29-28-21)25(31)30-12-2-3-23(30)22-11-7-18(15-27-22)14-17-5-8-19(26)9-6-17/h4-11,13,15,23H,2-3,12,14H2,1H3,(H,28,29)/t23-/m0/s1. The summed E-state index contributed by atoms with van der Waals surface area (Å²) in [4.78, 5) is 20.0. The summed E-state index contributed by atoms with van der Waals surface area (Å²) in [5.41, 5.74) is 5.74. The number of aromatic nitrogens is 3. The number of carbonyl (C=O) groups excluding carboxylic acids is 1. The quantitative estimate of drug-likeness (QED) is 0.465. The van der Waals surface area contributed by atoms with Gasteiger partial charge in [-0.05, 0) is 67.6 Å². The Balaban J connectivity index is 1.36. The number of rotatable bonds is 4. The van der Waals surface area contributed by atoms with Crippen LogP contribution in [0.4, 0.5) is 0 Å². The Morgan fingerprint density at radius 3 is 2.71 bits per heavy atom. The van der Waals surface area contributed by atoms with Crippen LogP contribution in [-0.4, -0.2) is 32.5 Å². The number of aryl methyl sites for hydroxylation is 1. The molecule has 1 amide bonds. The predicted molar refractivity (Wildman–Crippen MR) is 122 cm³/mol. The van der Waals surface area contributed by atoms with E-state index >= 15 is 0 Å². The third-order valence-electron chi connectivity index (χ3n) is 5.95. The van der Waals surface area contributed by atoms with Gasteiger partial charge in [-0.25, -0.2) is 0 Å². The lowest BCUT2D eigenvalue weighted by atomic mass is 10.0. The van der Waals surface area contributed by atoms with Crippen molar-refractivity contribution in [3.05, 3.63) is 93.9 Å². The molecule has 156 valence electrons. The molecule has 1 N–H and O–H groups in total. The van der Waals surface area contributed by atoms with Gasteiger partial charge in [-0.1, -0.05) is 41.4 Å². The van der Waals surface area contributed by atoms with Gasteiger partial charge in [-0.3, -0.25) is 14.9 Å². The van der Waals surface area contributed by atoms with Crippen molar-refractivity contribution in [2.75, 3.05) is 6.54 Å². The number of nitrogens with one attached hydrogen (secondary N) is 1. The van der Waals surface area contributed by atoms with Crippen molar-refractivity contribution >= 4 is 28.4 Å². The highest BCUT2D eigenvalue weighted by molar-refractivity contribution is 6.30. The number of hydrogen-bond acceptors (Lipinski definition) is 3. The number of pyridine rings is 1. The molecule has 0 aliphatic carbocycles. The van der Waals surface area contributed by atoms with Crippen molar-refractivity contribution in [3.63, 3.8) is 0 Å². The van der Waals surface area contributed by atoms with E-state index < -0.39 is 0 Å². The maximum atomic E-state index is 13.4. The number of nitrogens with zero attached hydrogens (tertiary/aromatic N) is 3. The van der Waals surface area contributed by atoms with E-state index in [4.69, 9.17) is 16.6 Å². The molecule has 2 aromatic carbocycles. The van der Waals surface area contributed by atoms with Crippen LogP contribution in [0.1, 0.15) is 51.8 Å². The Bertz CT molecular complexity index is 1230. The van der Waals surface area contributed by atoms with Crippen LogP contribution in [-0.2, 0) is 6.42 Å². The minimum Gasteiger partial charge on any atom is -0.329 e. The first-order chi connectivity index (χ1) is 15.1.